The van der Waals surface area contributed by atoms with Crippen LogP contribution in [-0.2, 0) is 9.53 Å². The zero-order valence-electron chi connectivity index (χ0n) is 15.7. The number of rotatable bonds is 4. The fourth-order valence-electron chi connectivity index (χ4n) is 3.81. The fraction of sp³-hybridized carbons (Fsp3) is 0.722. The van der Waals surface area contributed by atoms with Crippen molar-refractivity contribution < 1.29 is 37.1 Å². The third-order valence-corrected chi connectivity index (χ3v) is 5.27. The Hall–Kier alpha value is -2.14. The molecule has 0 unspecified atom stereocenters. The van der Waals surface area contributed by atoms with Crippen molar-refractivity contribution in [1.29, 1.82) is 0 Å². The zero-order valence-corrected chi connectivity index (χ0v) is 15.7. The Morgan fingerprint density at radius 2 is 2.00 bits per heavy atom. The molecule has 1 aromatic rings. The molecule has 0 bridgehead atoms. The van der Waals surface area contributed by atoms with Crippen LogP contribution in [0.25, 0.3) is 0 Å². The summed E-state index contributed by atoms with van der Waals surface area (Å²) in [4.78, 5) is 23.7. The Kier molecular flexibility index (Phi) is 6.78. The van der Waals surface area contributed by atoms with E-state index in [0.29, 0.717) is 5.92 Å². The van der Waals surface area contributed by atoms with Crippen LogP contribution in [0.3, 0.4) is 0 Å². The van der Waals surface area contributed by atoms with E-state index in [4.69, 9.17) is 19.2 Å². The average Bonchev–Trinajstić information content (AvgIpc) is 3.30. The lowest BCUT2D eigenvalue weighted by molar-refractivity contribution is -0.192. The van der Waals surface area contributed by atoms with Gasteiger partial charge in [0.1, 0.15) is 0 Å². The van der Waals surface area contributed by atoms with Gasteiger partial charge >= 0.3 is 12.1 Å². The summed E-state index contributed by atoms with van der Waals surface area (Å²) in [7, 11) is 0. The number of halogens is 3. The molecule has 29 heavy (non-hydrogen) atoms. The average molecular weight is 419 g/mol. The number of carboxylic acids is 1. The number of alkyl halides is 3. The van der Waals surface area contributed by atoms with Crippen LogP contribution in [0, 0.1) is 11.8 Å². The van der Waals surface area contributed by atoms with Gasteiger partial charge in [-0.2, -0.15) is 13.2 Å². The largest absolute Gasteiger partial charge is 0.490 e. The number of ether oxygens (including phenoxy) is 1. The lowest BCUT2D eigenvalue weighted by Gasteiger charge is -2.46. The second kappa shape index (κ2) is 9.12. The maximum Gasteiger partial charge on any atom is 0.490 e. The molecule has 3 atom stereocenters. The number of hydrogen-bond acceptors (Lipinski definition) is 6. The lowest BCUT2D eigenvalue weighted by Crippen LogP contribution is -2.61. The van der Waals surface area contributed by atoms with Gasteiger partial charge in [-0.1, -0.05) is 5.16 Å². The van der Waals surface area contributed by atoms with Gasteiger partial charge in [-0.25, -0.2) is 4.79 Å². The van der Waals surface area contributed by atoms with Crippen LogP contribution in [0.15, 0.2) is 16.8 Å². The van der Waals surface area contributed by atoms with E-state index in [9.17, 15) is 18.0 Å². The molecule has 1 aliphatic carbocycles. The monoisotopic (exact) mass is 419 g/mol. The normalized spacial score (nSPS) is 27.3. The maximum atomic E-state index is 12.3. The summed E-state index contributed by atoms with van der Waals surface area (Å²) in [5.41, 5.74) is 0. The van der Waals surface area contributed by atoms with Crippen molar-refractivity contribution in [3.8, 4) is 0 Å². The molecule has 2 aliphatic heterocycles. The first-order valence-electron chi connectivity index (χ1n) is 9.59. The zero-order chi connectivity index (χ0) is 21.0. The van der Waals surface area contributed by atoms with Gasteiger partial charge in [0.15, 0.2) is 0 Å². The highest BCUT2D eigenvalue weighted by Crippen LogP contribution is 2.34. The van der Waals surface area contributed by atoms with E-state index in [1.54, 1.807) is 6.07 Å². The topological polar surface area (TPSA) is 105 Å². The van der Waals surface area contributed by atoms with Crippen LogP contribution in [0.5, 0.6) is 0 Å². The third kappa shape index (κ3) is 6.17. The molecule has 1 aromatic heterocycles. The molecule has 162 valence electrons. The molecule has 3 fully saturated rings. The maximum absolute atomic E-state index is 12.3. The Bertz CT molecular complexity index is 693. The van der Waals surface area contributed by atoms with Crippen LogP contribution in [0.1, 0.15) is 36.2 Å². The van der Waals surface area contributed by atoms with E-state index >= 15 is 0 Å². The van der Waals surface area contributed by atoms with Crippen LogP contribution >= 0.6 is 0 Å². The predicted molar refractivity (Wildman–Crippen MR) is 93.1 cm³/mol. The molecule has 2 saturated heterocycles. The van der Waals surface area contributed by atoms with Crippen molar-refractivity contribution >= 4 is 11.9 Å². The second-order valence-electron chi connectivity index (χ2n) is 7.66. The smallest absolute Gasteiger partial charge is 0.475 e. The first kappa shape index (κ1) is 21.6. The molecule has 0 spiro atoms. The minimum atomic E-state index is -5.08. The number of carboxylic acid groups (broad SMARTS) is 1. The molecule has 1 saturated carbocycles. The van der Waals surface area contributed by atoms with Crippen molar-refractivity contribution in [2.75, 3.05) is 26.2 Å². The summed E-state index contributed by atoms with van der Waals surface area (Å²) < 4.78 is 42.7. The van der Waals surface area contributed by atoms with Crippen LogP contribution < -0.4 is 5.32 Å². The molecule has 3 heterocycles. The van der Waals surface area contributed by atoms with Crippen LogP contribution in [-0.4, -0.2) is 71.6 Å². The van der Waals surface area contributed by atoms with Gasteiger partial charge < -0.3 is 24.6 Å². The molecule has 4 rings (SSSR count). The number of aliphatic carboxylic acids is 1. The molecular formula is C18H24F3N3O5. The van der Waals surface area contributed by atoms with Crippen molar-refractivity contribution in [1.82, 2.24) is 15.4 Å². The molecule has 8 nitrogen and oxygen atoms in total. The molecule has 2 N–H and O–H groups in total. The first-order valence-corrected chi connectivity index (χ1v) is 9.59. The molecule has 1 amide bonds. The number of fused-ring (bicyclic) bond motifs is 1. The third-order valence-electron chi connectivity index (χ3n) is 5.27. The van der Waals surface area contributed by atoms with E-state index in [1.807, 2.05) is 0 Å². The standard InChI is InChI=1S/C16H23N3O3.C2HF3O2/c20-16(14-5-6-17-22-14)18-13-10-19(8-11-3-4-11)9-12-2-1-7-21-15(12)13;3-2(4,5)1(6)7/h5-6,11-13,15H,1-4,7-10H2,(H,18,20);(H,6,7)/t12-,13+,15-;/m0./s1. The van der Waals surface area contributed by atoms with Gasteiger partial charge in [-0.15, -0.1) is 0 Å². The minimum absolute atomic E-state index is 0.0374. The van der Waals surface area contributed by atoms with Crippen LogP contribution in [0.2, 0.25) is 0 Å². The van der Waals surface area contributed by atoms with Gasteiger partial charge in [-0.3, -0.25) is 4.79 Å². The number of likely N-dealkylation sites (tertiary alicyclic amines) is 1. The summed E-state index contributed by atoms with van der Waals surface area (Å²) in [5, 5.41) is 13.8. The summed E-state index contributed by atoms with van der Waals surface area (Å²) in [6.07, 6.45) is 1.58. The number of nitrogens with one attached hydrogen (secondary N) is 1. The van der Waals surface area contributed by atoms with Gasteiger partial charge in [0.2, 0.25) is 5.76 Å². The molecule has 0 radical (unpaired) electrons. The predicted octanol–water partition coefficient (Wildman–Crippen LogP) is 1.93. The van der Waals surface area contributed by atoms with Crippen molar-refractivity contribution in [3.05, 3.63) is 18.0 Å². The number of aromatic nitrogens is 1. The highest BCUT2D eigenvalue weighted by molar-refractivity contribution is 5.91. The van der Waals surface area contributed by atoms with E-state index < -0.39 is 12.1 Å². The van der Waals surface area contributed by atoms with Gasteiger partial charge in [0, 0.05) is 32.3 Å². The number of nitrogens with zero attached hydrogens (tertiary/aromatic N) is 2. The van der Waals surface area contributed by atoms with Crippen molar-refractivity contribution in [2.24, 2.45) is 11.8 Å². The van der Waals surface area contributed by atoms with E-state index in [0.717, 1.165) is 38.6 Å². The molecular weight excluding hydrogens is 395 g/mol. The van der Waals surface area contributed by atoms with E-state index in [-0.39, 0.29) is 23.8 Å². The summed E-state index contributed by atoms with van der Waals surface area (Å²) >= 11 is 0. The SMILES string of the molecule is O=C(N[C@@H]1CN(CC2CC2)C[C@@H]2CCCO[C@@H]21)c1ccno1.O=C(O)C(F)(F)F. The van der Waals surface area contributed by atoms with Crippen molar-refractivity contribution in [2.45, 2.75) is 44.0 Å². The molecule has 0 aromatic carbocycles. The van der Waals surface area contributed by atoms with Crippen molar-refractivity contribution in [3.63, 3.8) is 0 Å². The summed E-state index contributed by atoms with van der Waals surface area (Å²) in [6, 6.07) is 1.63. The Morgan fingerprint density at radius 1 is 1.28 bits per heavy atom. The lowest BCUT2D eigenvalue weighted by atomic mass is 9.85. The first-order chi connectivity index (χ1) is 13.7. The Labute approximate surface area is 165 Å². The van der Waals surface area contributed by atoms with E-state index in [2.05, 4.69) is 15.4 Å². The summed E-state index contributed by atoms with van der Waals surface area (Å²) in [5.74, 6) is -1.28. The number of carbonyl (C=O) groups is 2. The van der Waals surface area contributed by atoms with Gasteiger partial charge in [-0.05, 0) is 37.5 Å². The number of piperidine rings is 1. The number of carbonyl (C=O) groups excluding carboxylic acids is 1. The Morgan fingerprint density at radius 3 is 2.59 bits per heavy atom. The minimum Gasteiger partial charge on any atom is -0.475 e. The number of hydrogen-bond donors (Lipinski definition) is 2. The van der Waals surface area contributed by atoms with E-state index in [1.165, 1.54) is 25.5 Å². The second-order valence-corrected chi connectivity index (χ2v) is 7.66. The van der Waals surface area contributed by atoms with Gasteiger partial charge in [0.05, 0.1) is 18.3 Å². The molecule has 11 heteroatoms. The quantitative estimate of drug-likeness (QED) is 0.768. The van der Waals surface area contributed by atoms with Gasteiger partial charge in [0.25, 0.3) is 5.91 Å². The summed E-state index contributed by atoms with van der Waals surface area (Å²) in [6.45, 7) is 3.95. The fourth-order valence-corrected chi connectivity index (χ4v) is 3.81. The highest BCUT2D eigenvalue weighted by atomic mass is 19.4. The van der Waals surface area contributed by atoms with Crippen LogP contribution in [0.4, 0.5) is 13.2 Å². The highest BCUT2D eigenvalue weighted by Gasteiger charge is 2.41. The number of amides is 1. The molecule has 3 aliphatic rings. The Balaban J connectivity index is 0.000000298.